The lowest BCUT2D eigenvalue weighted by Gasteiger charge is -2.32. The van der Waals surface area contributed by atoms with Crippen LogP contribution in [0.4, 0.5) is 24.9 Å². The Hall–Kier alpha value is -3.06. The van der Waals surface area contributed by atoms with Crippen LogP contribution in [0.2, 0.25) is 0 Å². The van der Waals surface area contributed by atoms with Gasteiger partial charge in [-0.2, -0.15) is 13.2 Å². The lowest BCUT2D eigenvalue weighted by atomic mass is 9.91. The van der Waals surface area contributed by atoms with Crippen molar-refractivity contribution in [1.29, 1.82) is 0 Å². The molecule has 0 atom stereocenters. The largest absolute Gasteiger partial charge is 0.390 e. The Bertz CT molecular complexity index is 1340. The first-order chi connectivity index (χ1) is 17.4. The minimum atomic E-state index is -4.56. The molecule has 1 fully saturated rings. The number of rotatable bonds is 8. The number of nitrogens with zero attached hydrogens (tertiary/aromatic N) is 5. The van der Waals surface area contributed by atoms with Crippen molar-refractivity contribution in [3.63, 3.8) is 0 Å². The lowest BCUT2D eigenvalue weighted by molar-refractivity contribution is -0.129. The highest BCUT2D eigenvalue weighted by Gasteiger charge is 2.30. The maximum Gasteiger partial charge on any atom is 0.390 e. The standard InChI is InChI=1S/C24H30F3N7O2S/c1-15-12-19(16-4-9-21(28-13-16)33-37(35,36)11-10-24(25,26)27)31-20-14-29-23(32-22(15)20)30-17-5-7-18(8-6-17)34(2)3/h4,9,12-14,17-18H,5-8,10-11H2,1-3H3,(H,28,33)(H,29,30,32)/t17-,18-. The summed E-state index contributed by atoms with van der Waals surface area (Å²) in [5, 5.41) is 3.45. The van der Waals surface area contributed by atoms with Crippen LogP contribution < -0.4 is 10.0 Å². The molecule has 0 spiro atoms. The summed E-state index contributed by atoms with van der Waals surface area (Å²) in [5.41, 5.74) is 3.43. The first-order valence-corrected chi connectivity index (χ1v) is 13.6. The van der Waals surface area contributed by atoms with Gasteiger partial charge in [0.15, 0.2) is 0 Å². The second-order valence-electron chi connectivity index (χ2n) is 9.58. The number of aromatic nitrogens is 4. The normalized spacial score (nSPS) is 18.8. The molecule has 37 heavy (non-hydrogen) atoms. The van der Waals surface area contributed by atoms with Gasteiger partial charge in [-0.05, 0) is 70.5 Å². The summed E-state index contributed by atoms with van der Waals surface area (Å²) in [6.45, 7) is 1.92. The van der Waals surface area contributed by atoms with E-state index in [1.165, 1.54) is 12.3 Å². The Morgan fingerprint density at radius 2 is 1.78 bits per heavy atom. The quantitative estimate of drug-likeness (QED) is 0.436. The fourth-order valence-corrected chi connectivity index (χ4v) is 5.43. The van der Waals surface area contributed by atoms with Crippen molar-refractivity contribution in [3.05, 3.63) is 36.2 Å². The number of sulfonamides is 1. The molecule has 0 aromatic carbocycles. The third-order valence-electron chi connectivity index (χ3n) is 6.47. The van der Waals surface area contributed by atoms with Crippen LogP contribution in [0, 0.1) is 6.92 Å². The Balaban J connectivity index is 1.45. The lowest BCUT2D eigenvalue weighted by Crippen LogP contribution is -2.36. The molecule has 1 aliphatic rings. The first-order valence-electron chi connectivity index (χ1n) is 12.0. The van der Waals surface area contributed by atoms with E-state index in [0.29, 0.717) is 34.8 Å². The van der Waals surface area contributed by atoms with Crippen molar-refractivity contribution in [2.45, 2.75) is 57.3 Å². The molecule has 3 aromatic rings. The smallest absolute Gasteiger partial charge is 0.351 e. The minimum Gasteiger partial charge on any atom is -0.351 e. The van der Waals surface area contributed by atoms with E-state index in [4.69, 9.17) is 0 Å². The molecule has 0 saturated heterocycles. The van der Waals surface area contributed by atoms with Gasteiger partial charge in [0.05, 0.1) is 29.6 Å². The number of anilines is 2. The van der Waals surface area contributed by atoms with Crippen molar-refractivity contribution in [1.82, 2.24) is 24.8 Å². The summed E-state index contributed by atoms with van der Waals surface area (Å²) in [4.78, 5) is 20.1. The van der Waals surface area contributed by atoms with Crippen LogP contribution in [0.1, 0.15) is 37.7 Å². The molecule has 3 aromatic heterocycles. The number of pyridine rings is 2. The number of nitrogens with one attached hydrogen (secondary N) is 2. The van der Waals surface area contributed by atoms with Crippen LogP contribution in [-0.2, 0) is 10.0 Å². The fourth-order valence-electron chi connectivity index (χ4n) is 4.39. The number of halogens is 3. The van der Waals surface area contributed by atoms with Crippen molar-refractivity contribution in [2.24, 2.45) is 0 Å². The summed E-state index contributed by atoms with van der Waals surface area (Å²) in [7, 11) is 0.0540. The molecular weight excluding hydrogens is 507 g/mol. The fraction of sp³-hybridized carbons (Fsp3) is 0.500. The van der Waals surface area contributed by atoms with Gasteiger partial charge < -0.3 is 10.2 Å². The monoisotopic (exact) mass is 537 g/mol. The third kappa shape index (κ3) is 7.25. The van der Waals surface area contributed by atoms with Gasteiger partial charge in [-0.15, -0.1) is 0 Å². The summed E-state index contributed by atoms with van der Waals surface area (Å²) >= 11 is 0. The maximum atomic E-state index is 12.3. The average molecular weight is 538 g/mol. The van der Waals surface area contributed by atoms with Crippen LogP contribution >= 0.6 is 0 Å². The molecule has 0 unspecified atom stereocenters. The SMILES string of the molecule is Cc1cc(-c2ccc(NS(=O)(=O)CCC(F)(F)F)nc2)nc2cnc(N[C@H]3CC[C@H](N(C)C)CC3)nc12. The Kier molecular flexibility index (Phi) is 7.83. The zero-order chi connectivity index (χ0) is 26.8. The zero-order valence-corrected chi connectivity index (χ0v) is 21.7. The van der Waals surface area contributed by atoms with E-state index in [9.17, 15) is 21.6 Å². The van der Waals surface area contributed by atoms with Crippen molar-refractivity contribution in [3.8, 4) is 11.3 Å². The Morgan fingerprint density at radius 3 is 2.41 bits per heavy atom. The Labute approximate surface area is 214 Å². The number of hydrogen-bond acceptors (Lipinski definition) is 8. The molecule has 1 aliphatic carbocycles. The predicted molar refractivity (Wildman–Crippen MR) is 137 cm³/mol. The van der Waals surface area contributed by atoms with Gasteiger partial charge in [0, 0.05) is 23.8 Å². The maximum absolute atomic E-state index is 12.3. The van der Waals surface area contributed by atoms with Crippen molar-refractivity contribution in [2.75, 3.05) is 29.9 Å². The van der Waals surface area contributed by atoms with Gasteiger partial charge >= 0.3 is 6.18 Å². The van der Waals surface area contributed by atoms with E-state index in [1.54, 1.807) is 12.3 Å². The van der Waals surface area contributed by atoms with Crippen molar-refractivity contribution >= 4 is 32.8 Å². The van der Waals surface area contributed by atoms with Crippen LogP contribution in [-0.4, -0.2) is 71.4 Å². The molecule has 2 N–H and O–H groups in total. The molecule has 1 saturated carbocycles. The van der Waals surface area contributed by atoms with Crippen LogP contribution in [0.3, 0.4) is 0 Å². The van der Waals surface area contributed by atoms with Crippen LogP contribution in [0.25, 0.3) is 22.3 Å². The van der Waals surface area contributed by atoms with E-state index in [0.717, 1.165) is 36.8 Å². The first kappa shape index (κ1) is 27.0. The molecule has 200 valence electrons. The van der Waals surface area contributed by atoms with E-state index in [2.05, 4.69) is 49.0 Å². The molecule has 3 heterocycles. The van der Waals surface area contributed by atoms with Gasteiger partial charge in [-0.25, -0.2) is 28.4 Å². The minimum absolute atomic E-state index is 0.0675. The number of hydrogen-bond donors (Lipinski definition) is 2. The summed E-state index contributed by atoms with van der Waals surface area (Å²) in [6, 6.07) is 5.78. The van der Waals surface area contributed by atoms with Gasteiger partial charge in [0.25, 0.3) is 0 Å². The zero-order valence-electron chi connectivity index (χ0n) is 20.9. The highest BCUT2D eigenvalue weighted by atomic mass is 32.2. The van der Waals surface area contributed by atoms with Crippen molar-refractivity contribution < 1.29 is 21.6 Å². The second-order valence-corrected chi connectivity index (χ2v) is 11.4. The molecule has 9 nitrogen and oxygen atoms in total. The molecule has 0 aliphatic heterocycles. The van der Waals surface area contributed by atoms with E-state index >= 15 is 0 Å². The van der Waals surface area contributed by atoms with Gasteiger partial charge in [-0.3, -0.25) is 4.72 Å². The number of alkyl halides is 3. The molecular formula is C24H30F3N7O2S. The highest BCUT2D eigenvalue weighted by molar-refractivity contribution is 7.92. The van der Waals surface area contributed by atoms with Crippen LogP contribution in [0.15, 0.2) is 30.6 Å². The number of aryl methyl sites for hydroxylation is 1. The van der Waals surface area contributed by atoms with Gasteiger partial charge in [-0.1, -0.05) is 0 Å². The summed E-state index contributed by atoms with van der Waals surface area (Å²) in [5.74, 6) is -0.566. The summed E-state index contributed by atoms with van der Waals surface area (Å²) < 4.78 is 62.9. The van der Waals surface area contributed by atoms with E-state index < -0.39 is 28.4 Å². The van der Waals surface area contributed by atoms with Crippen LogP contribution in [0.5, 0.6) is 0 Å². The molecule has 0 radical (unpaired) electrons. The number of fused-ring (bicyclic) bond motifs is 1. The van der Waals surface area contributed by atoms with Gasteiger partial charge in [0.2, 0.25) is 16.0 Å². The average Bonchev–Trinajstić information content (AvgIpc) is 2.83. The van der Waals surface area contributed by atoms with Gasteiger partial charge in [0.1, 0.15) is 11.3 Å². The molecule has 13 heteroatoms. The molecule has 0 bridgehead atoms. The Morgan fingerprint density at radius 1 is 1.05 bits per heavy atom. The predicted octanol–water partition coefficient (Wildman–Crippen LogP) is 4.37. The highest BCUT2D eigenvalue weighted by Crippen LogP contribution is 2.27. The molecule has 4 rings (SSSR count). The second kappa shape index (κ2) is 10.7. The van der Waals surface area contributed by atoms with E-state index in [-0.39, 0.29) is 5.82 Å². The summed E-state index contributed by atoms with van der Waals surface area (Å²) in [6.07, 6.45) is 1.46. The van der Waals surface area contributed by atoms with E-state index in [1.807, 2.05) is 13.0 Å². The molecule has 0 amide bonds. The topological polar surface area (TPSA) is 113 Å². The third-order valence-corrected chi connectivity index (χ3v) is 7.73.